The Bertz CT molecular complexity index is 226. The summed E-state index contributed by atoms with van der Waals surface area (Å²) in [7, 11) is 0. The molecule has 0 radical (unpaired) electrons. The van der Waals surface area contributed by atoms with E-state index in [0.717, 1.165) is 32.5 Å². The first-order valence-electron chi connectivity index (χ1n) is 9.80. The molecule has 24 heavy (non-hydrogen) atoms. The Kier molecular flexibility index (Phi) is 20.7. The molecule has 0 heterocycles. The van der Waals surface area contributed by atoms with Gasteiger partial charge in [0, 0.05) is 13.2 Å². The average Bonchev–Trinajstić information content (AvgIpc) is 2.59. The van der Waals surface area contributed by atoms with Crippen molar-refractivity contribution in [2.24, 2.45) is 0 Å². The Morgan fingerprint density at radius 1 is 0.542 bits per heavy atom. The van der Waals surface area contributed by atoms with Crippen molar-refractivity contribution < 1.29 is 24.1 Å². The summed E-state index contributed by atoms with van der Waals surface area (Å²) in [5.74, 6) is 0. The fraction of sp³-hybridized carbons (Fsp3) is 1.00. The van der Waals surface area contributed by atoms with E-state index in [1.807, 2.05) is 0 Å². The average molecular weight is 349 g/mol. The van der Waals surface area contributed by atoms with Crippen LogP contribution in [0, 0.1) is 0 Å². The molecule has 0 saturated heterocycles. The van der Waals surface area contributed by atoms with E-state index in [-0.39, 0.29) is 13.2 Å². The van der Waals surface area contributed by atoms with Crippen LogP contribution in [-0.2, 0) is 18.9 Å². The van der Waals surface area contributed by atoms with Crippen LogP contribution < -0.4 is 0 Å². The maximum absolute atomic E-state index is 9.70. The van der Waals surface area contributed by atoms with Crippen LogP contribution in [0.4, 0.5) is 0 Å². The Morgan fingerprint density at radius 3 is 1.58 bits per heavy atom. The molecule has 0 saturated carbocycles. The van der Waals surface area contributed by atoms with Crippen molar-refractivity contribution in [1.29, 1.82) is 0 Å². The van der Waals surface area contributed by atoms with Gasteiger partial charge in [0.05, 0.1) is 39.6 Å². The first-order valence-corrected chi connectivity index (χ1v) is 9.80. The van der Waals surface area contributed by atoms with Crippen LogP contribution in [-0.4, -0.2) is 64.1 Å². The van der Waals surface area contributed by atoms with Crippen molar-refractivity contribution in [2.75, 3.05) is 52.9 Å². The monoisotopic (exact) mass is 348 g/mol. The fourth-order valence-electron chi connectivity index (χ4n) is 2.16. The van der Waals surface area contributed by atoms with Crippen molar-refractivity contribution in [2.45, 2.75) is 71.3 Å². The quantitative estimate of drug-likeness (QED) is 0.341. The van der Waals surface area contributed by atoms with Crippen LogP contribution >= 0.6 is 0 Å². The number of rotatable bonds is 20. The van der Waals surface area contributed by atoms with E-state index in [9.17, 15) is 5.11 Å². The highest BCUT2D eigenvalue weighted by Crippen LogP contribution is 2.04. The van der Waals surface area contributed by atoms with E-state index in [0.29, 0.717) is 26.4 Å². The smallest absolute Gasteiger partial charge is 0.101 e. The molecule has 0 amide bonds. The van der Waals surface area contributed by atoms with Crippen LogP contribution in [0.3, 0.4) is 0 Å². The molecule has 0 aliphatic rings. The molecular formula is C19H40O5. The van der Waals surface area contributed by atoms with Crippen LogP contribution in [0.15, 0.2) is 0 Å². The van der Waals surface area contributed by atoms with Crippen molar-refractivity contribution in [3.05, 3.63) is 0 Å². The number of unbranched alkanes of at least 4 members (excludes halogenated alkanes) is 6. The highest BCUT2D eigenvalue weighted by atomic mass is 16.5. The highest BCUT2D eigenvalue weighted by Gasteiger charge is 2.04. The molecule has 0 unspecified atom stereocenters. The normalized spacial score (nSPS) is 12.6. The predicted molar refractivity (Wildman–Crippen MR) is 97.6 cm³/mol. The molecule has 1 N–H and O–H groups in total. The van der Waals surface area contributed by atoms with Gasteiger partial charge in [0.1, 0.15) is 6.10 Å². The van der Waals surface area contributed by atoms with Crippen LogP contribution in [0.1, 0.15) is 65.2 Å². The Morgan fingerprint density at radius 2 is 1.00 bits per heavy atom. The maximum atomic E-state index is 9.70. The van der Waals surface area contributed by atoms with Crippen molar-refractivity contribution in [1.82, 2.24) is 0 Å². The zero-order valence-electron chi connectivity index (χ0n) is 16.0. The molecule has 0 rings (SSSR count). The zero-order chi connectivity index (χ0) is 17.7. The minimum absolute atomic E-state index is 0.287. The Labute approximate surface area is 149 Å². The van der Waals surface area contributed by atoms with E-state index < -0.39 is 6.10 Å². The Hall–Kier alpha value is -0.200. The van der Waals surface area contributed by atoms with E-state index in [2.05, 4.69) is 13.8 Å². The van der Waals surface area contributed by atoms with Gasteiger partial charge in [0.25, 0.3) is 0 Å². The number of hydrogen-bond acceptors (Lipinski definition) is 5. The number of aliphatic hydroxyl groups excluding tert-OH is 1. The molecule has 0 aliphatic carbocycles. The third-order valence-electron chi connectivity index (χ3n) is 3.65. The summed E-state index contributed by atoms with van der Waals surface area (Å²) in [4.78, 5) is 0. The number of aliphatic hydroxyl groups is 1. The summed E-state index contributed by atoms with van der Waals surface area (Å²) in [5, 5.41) is 9.70. The summed E-state index contributed by atoms with van der Waals surface area (Å²) < 4.78 is 21.6. The van der Waals surface area contributed by atoms with Gasteiger partial charge in [-0.2, -0.15) is 0 Å². The second-order valence-corrected chi connectivity index (χ2v) is 6.15. The van der Waals surface area contributed by atoms with Crippen LogP contribution in [0.25, 0.3) is 0 Å². The lowest BCUT2D eigenvalue weighted by Gasteiger charge is -2.12. The summed E-state index contributed by atoms with van der Waals surface area (Å²) in [6.07, 6.45) is 9.29. The second-order valence-electron chi connectivity index (χ2n) is 6.15. The van der Waals surface area contributed by atoms with Gasteiger partial charge >= 0.3 is 0 Å². The lowest BCUT2D eigenvalue weighted by molar-refractivity contribution is -0.0414. The van der Waals surface area contributed by atoms with E-state index in [1.165, 1.54) is 32.1 Å². The predicted octanol–water partition coefficient (Wildman–Crippen LogP) is 3.57. The SMILES string of the molecule is CCCCCCCCOCCOC[C@H](O)COCCOCCCC. The highest BCUT2D eigenvalue weighted by molar-refractivity contribution is 4.51. The van der Waals surface area contributed by atoms with Gasteiger partial charge in [-0.1, -0.05) is 52.4 Å². The van der Waals surface area contributed by atoms with Crippen LogP contribution in [0.5, 0.6) is 0 Å². The minimum Gasteiger partial charge on any atom is -0.388 e. The molecule has 0 fully saturated rings. The van der Waals surface area contributed by atoms with Gasteiger partial charge in [-0.05, 0) is 12.8 Å². The minimum atomic E-state index is -0.584. The lowest BCUT2D eigenvalue weighted by atomic mass is 10.1. The molecule has 1 atom stereocenters. The third kappa shape index (κ3) is 19.8. The first kappa shape index (κ1) is 23.8. The van der Waals surface area contributed by atoms with E-state index >= 15 is 0 Å². The summed E-state index contributed by atoms with van der Waals surface area (Å²) in [5.41, 5.74) is 0. The van der Waals surface area contributed by atoms with Gasteiger partial charge in [-0.25, -0.2) is 0 Å². The first-order chi connectivity index (χ1) is 11.8. The maximum Gasteiger partial charge on any atom is 0.101 e. The molecule has 0 spiro atoms. The molecule has 0 aromatic rings. The second kappa shape index (κ2) is 20.8. The number of ether oxygens (including phenoxy) is 4. The topological polar surface area (TPSA) is 57.2 Å². The van der Waals surface area contributed by atoms with Crippen molar-refractivity contribution in [3.63, 3.8) is 0 Å². The van der Waals surface area contributed by atoms with Crippen LogP contribution in [0.2, 0.25) is 0 Å². The summed E-state index contributed by atoms with van der Waals surface area (Å²) in [6, 6.07) is 0. The molecule has 5 nitrogen and oxygen atoms in total. The molecule has 0 aromatic heterocycles. The van der Waals surface area contributed by atoms with Crippen molar-refractivity contribution in [3.8, 4) is 0 Å². The van der Waals surface area contributed by atoms with Crippen molar-refractivity contribution >= 4 is 0 Å². The molecular weight excluding hydrogens is 308 g/mol. The largest absolute Gasteiger partial charge is 0.388 e. The molecule has 5 heteroatoms. The lowest BCUT2D eigenvalue weighted by Crippen LogP contribution is -2.24. The van der Waals surface area contributed by atoms with Gasteiger partial charge in [-0.3, -0.25) is 0 Å². The Balaban J connectivity index is 3.11. The third-order valence-corrected chi connectivity index (χ3v) is 3.65. The molecule has 146 valence electrons. The summed E-state index contributed by atoms with van der Waals surface area (Å²) in [6.45, 7) is 8.74. The fourth-order valence-corrected chi connectivity index (χ4v) is 2.16. The van der Waals surface area contributed by atoms with Gasteiger partial charge < -0.3 is 24.1 Å². The number of hydrogen-bond donors (Lipinski definition) is 1. The van der Waals surface area contributed by atoms with E-state index in [4.69, 9.17) is 18.9 Å². The van der Waals surface area contributed by atoms with Gasteiger partial charge in [0.15, 0.2) is 0 Å². The summed E-state index contributed by atoms with van der Waals surface area (Å²) >= 11 is 0. The molecule has 0 aromatic carbocycles. The molecule has 0 bridgehead atoms. The standard InChI is InChI=1S/C19H40O5/c1-3-5-7-8-9-10-12-22-14-16-24-18-19(20)17-23-15-13-21-11-6-4-2/h19-20H,3-18H2,1-2H3/t19-/m1/s1. The van der Waals surface area contributed by atoms with Gasteiger partial charge in [0.2, 0.25) is 0 Å². The van der Waals surface area contributed by atoms with Gasteiger partial charge in [-0.15, -0.1) is 0 Å². The molecule has 0 aliphatic heterocycles. The van der Waals surface area contributed by atoms with E-state index in [1.54, 1.807) is 0 Å². The zero-order valence-corrected chi connectivity index (χ0v) is 16.0.